The molecule has 6 atom stereocenters. The van der Waals surface area contributed by atoms with Crippen molar-refractivity contribution in [3.05, 3.63) is 143 Å². The Labute approximate surface area is 310 Å². The summed E-state index contributed by atoms with van der Waals surface area (Å²) < 4.78 is 33.0. The maximum absolute atomic E-state index is 14.1. The first-order valence-corrected chi connectivity index (χ1v) is 18.9. The average Bonchev–Trinajstić information content (AvgIpc) is 3.41. The molecule has 0 radical (unpaired) electrons. The third-order valence-corrected chi connectivity index (χ3v) is 11.2. The summed E-state index contributed by atoms with van der Waals surface area (Å²) in [6.07, 6.45) is -1.62. The van der Waals surface area contributed by atoms with Gasteiger partial charge in [0.1, 0.15) is 24.4 Å². The summed E-state index contributed by atoms with van der Waals surface area (Å²) in [6.45, 7) is 1.36. The molecule has 0 bridgehead atoms. The van der Waals surface area contributed by atoms with Gasteiger partial charge in [0.15, 0.2) is 6.29 Å². The molecule has 2 amide bonds. The molecule has 4 aromatic rings. The SMILES string of the molecule is O=C1c2ccccc2C(=O)N1[C@H]1[C@H](OCCCC(Br)CBr)O[C@H](COCc2ccccc2)[C@@H](OCc2ccccc2)[C@@H]1OCc1ccccc1. The van der Waals surface area contributed by atoms with Crippen molar-refractivity contribution in [2.45, 2.75) is 68.1 Å². The van der Waals surface area contributed by atoms with E-state index in [4.69, 9.17) is 23.7 Å². The summed E-state index contributed by atoms with van der Waals surface area (Å²) in [5.41, 5.74) is 3.61. The number of alkyl halides is 2. The Morgan fingerprint density at radius 2 is 1.16 bits per heavy atom. The quantitative estimate of drug-likeness (QED) is 0.0614. The molecule has 262 valence electrons. The summed E-state index contributed by atoms with van der Waals surface area (Å²) >= 11 is 7.19. The van der Waals surface area contributed by atoms with E-state index in [1.807, 2.05) is 91.0 Å². The predicted octanol–water partition coefficient (Wildman–Crippen LogP) is 7.72. The number of imide groups is 1. The maximum Gasteiger partial charge on any atom is 0.262 e. The predicted molar refractivity (Wildman–Crippen MR) is 197 cm³/mol. The largest absolute Gasteiger partial charge is 0.374 e. The van der Waals surface area contributed by atoms with E-state index in [1.54, 1.807) is 24.3 Å². The van der Waals surface area contributed by atoms with Gasteiger partial charge in [0.2, 0.25) is 0 Å². The van der Waals surface area contributed by atoms with E-state index < -0.39 is 42.5 Å². The van der Waals surface area contributed by atoms with Gasteiger partial charge in [-0.25, -0.2) is 0 Å². The smallest absolute Gasteiger partial charge is 0.262 e. The Kier molecular flexibility index (Phi) is 13.4. The van der Waals surface area contributed by atoms with E-state index in [0.29, 0.717) is 24.3 Å². The molecule has 1 saturated heterocycles. The standard InChI is InChI=1S/C40H41Br2NO7/c41-23-31(42)19-12-22-47-40-35(43-38(44)32-20-10-11-21-33(32)39(43)45)37(49-26-30-17-8-3-9-18-30)36(48-25-29-15-6-2-7-16-29)34(50-40)27-46-24-28-13-4-1-5-14-28/h1-11,13-18,20-21,31,34-37,40H,12,19,22-27H2/t31?,34-,35-,36-,37-,40-/m1/s1. The number of ether oxygens (including phenoxy) is 5. The van der Waals surface area contributed by atoms with E-state index >= 15 is 0 Å². The average molecular weight is 808 g/mol. The fraction of sp³-hybridized carbons (Fsp3) is 0.350. The van der Waals surface area contributed by atoms with Gasteiger partial charge in [0.05, 0.1) is 37.6 Å². The molecule has 10 heteroatoms. The fourth-order valence-electron chi connectivity index (χ4n) is 6.29. The first kappa shape index (κ1) is 36.6. The molecule has 0 N–H and O–H groups in total. The van der Waals surface area contributed by atoms with Crippen molar-refractivity contribution in [3.8, 4) is 0 Å². The third kappa shape index (κ3) is 9.16. The van der Waals surface area contributed by atoms with Crippen LogP contribution in [-0.4, -0.2) is 70.7 Å². The zero-order valence-electron chi connectivity index (χ0n) is 27.7. The minimum atomic E-state index is -1.00. The monoisotopic (exact) mass is 805 g/mol. The van der Waals surface area contributed by atoms with Gasteiger partial charge >= 0.3 is 0 Å². The Balaban J connectivity index is 1.35. The zero-order valence-corrected chi connectivity index (χ0v) is 30.8. The molecule has 0 aromatic heterocycles. The second-order valence-corrected chi connectivity index (χ2v) is 14.3. The number of carbonyl (C=O) groups excluding carboxylic acids is 2. The molecular weight excluding hydrogens is 766 g/mol. The molecule has 8 nitrogen and oxygen atoms in total. The molecular formula is C40H41Br2NO7. The number of hydrogen-bond acceptors (Lipinski definition) is 7. The molecule has 0 spiro atoms. The minimum absolute atomic E-state index is 0.168. The summed E-state index contributed by atoms with van der Waals surface area (Å²) in [5.74, 6) is -0.831. The van der Waals surface area contributed by atoms with Gasteiger partial charge in [-0.2, -0.15) is 0 Å². The zero-order chi connectivity index (χ0) is 34.7. The van der Waals surface area contributed by atoms with Crippen molar-refractivity contribution >= 4 is 43.7 Å². The third-order valence-electron chi connectivity index (χ3n) is 8.81. The van der Waals surface area contributed by atoms with Crippen molar-refractivity contribution in [2.24, 2.45) is 0 Å². The van der Waals surface area contributed by atoms with Gasteiger partial charge in [-0.05, 0) is 41.7 Å². The number of rotatable bonds is 17. The normalized spacial score (nSPS) is 22.4. The molecule has 1 fully saturated rings. The van der Waals surface area contributed by atoms with E-state index in [9.17, 15) is 9.59 Å². The molecule has 0 aliphatic carbocycles. The Bertz CT molecular complexity index is 1630. The number of hydrogen-bond donors (Lipinski definition) is 0. The number of carbonyl (C=O) groups is 2. The number of nitrogens with zero attached hydrogens (tertiary/aromatic N) is 1. The van der Waals surface area contributed by atoms with Crippen molar-refractivity contribution in [1.82, 2.24) is 4.90 Å². The second kappa shape index (κ2) is 18.3. The van der Waals surface area contributed by atoms with Gasteiger partial charge in [0, 0.05) is 16.8 Å². The molecule has 2 aliphatic rings. The summed E-state index contributed by atoms with van der Waals surface area (Å²) in [5, 5.41) is 0.807. The molecule has 4 aromatic carbocycles. The molecule has 1 unspecified atom stereocenters. The lowest BCUT2D eigenvalue weighted by Gasteiger charge is -2.48. The highest BCUT2D eigenvalue weighted by molar-refractivity contribution is 9.12. The van der Waals surface area contributed by atoms with Crippen LogP contribution in [0.25, 0.3) is 0 Å². The van der Waals surface area contributed by atoms with Crippen LogP contribution in [0.15, 0.2) is 115 Å². The maximum atomic E-state index is 14.1. The topological polar surface area (TPSA) is 83.5 Å². The van der Waals surface area contributed by atoms with Crippen LogP contribution in [0.5, 0.6) is 0 Å². The molecule has 2 aliphatic heterocycles. The summed E-state index contributed by atoms with van der Waals surface area (Å²) in [6, 6.07) is 35.5. The number of fused-ring (bicyclic) bond motifs is 1. The van der Waals surface area contributed by atoms with Gasteiger partial charge in [-0.1, -0.05) is 135 Å². The van der Waals surface area contributed by atoms with E-state index in [-0.39, 0.29) is 24.6 Å². The van der Waals surface area contributed by atoms with Crippen LogP contribution in [0.1, 0.15) is 50.2 Å². The van der Waals surface area contributed by atoms with Crippen molar-refractivity contribution < 1.29 is 33.3 Å². The molecule has 2 heterocycles. The van der Waals surface area contributed by atoms with Crippen molar-refractivity contribution in [3.63, 3.8) is 0 Å². The lowest BCUT2D eigenvalue weighted by molar-refractivity contribution is -0.299. The van der Waals surface area contributed by atoms with Crippen molar-refractivity contribution in [2.75, 3.05) is 18.5 Å². The summed E-state index contributed by atoms with van der Waals surface area (Å²) in [4.78, 5) is 29.7. The lowest BCUT2D eigenvalue weighted by atomic mass is 9.94. The Hall–Kier alpha value is -3.22. The van der Waals surface area contributed by atoms with E-state index in [0.717, 1.165) is 34.9 Å². The highest BCUT2D eigenvalue weighted by Crippen LogP contribution is 2.36. The van der Waals surface area contributed by atoms with Crippen LogP contribution in [0.2, 0.25) is 0 Å². The number of benzene rings is 4. The van der Waals surface area contributed by atoms with Gasteiger partial charge in [0.25, 0.3) is 11.8 Å². The number of halogens is 2. The van der Waals surface area contributed by atoms with Crippen LogP contribution < -0.4 is 0 Å². The first-order chi connectivity index (χ1) is 24.5. The van der Waals surface area contributed by atoms with Crippen LogP contribution >= 0.6 is 31.9 Å². The molecule has 50 heavy (non-hydrogen) atoms. The Morgan fingerprint density at radius 3 is 1.70 bits per heavy atom. The highest BCUT2D eigenvalue weighted by atomic mass is 79.9. The van der Waals surface area contributed by atoms with Crippen LogP contribution in [0.4, 0.5) is 0 Å². The fourth-order valence-corrected chi connectivity index (χ4v) is 6.94. The molecule has 6 rings (SSSR count). The van der Waals surface area contributed by atoms with Crippen molar-refractivity contribution in [1.29, 1.82) is 0 Å². The summed E-state index contributed by atoms with van der Waals surface area (Å²) in [7, 11) is 0. The first-order valence-electron chi connectivity index (χ1n) is 16.9. The van der Waals surface area contributed by atoms with Crippen LogP contribution in [-0.2, 0) is 43.5 Å². The van der Waals surface area contributed by atoms with Gasteiger partial charge in [-0.3, -0.25) is 14.5 Å². The minimum Gasteiger partial charge on any atom is -0.374 e. The highest BCUT2D eigenvalue weighted by Gasteiger charge is 2.55. The second-order valence-electron chi connectivity index (χ2n) is 12.3. The lowest BCUT2D eigenvalue weighted by Crippen LogP contribution is -2.67. The molecule has 0 saturated carbocycles. The van der Waals surface area contributed by atoms with Crippen LogP contribution in [0.3, 0.4) is 0 Å². The van der Waals surface area contributed by atoms with Crippen LogP contribution in [0, 0.1) is 0 Å². The van der Waals surface area contributed by atoms with E-state index in [2.05, 4.69) is 31.9 Å². The van der Waals surface area contributed by atoms with Gasteiger partial charge in [-0.15, -0.1) is 0 Å². The van der Waals surface area contributed by atoms with E-state index in [1.165, 1.54) is 4.90 Å². The Morgan fingerprint density at radius 1 is 0.660 bits per heavy atom. The number of amides is 2. The van der Waals surface area contributed by atoms with Gasteiger partial charge < -0.3 is 23.7 Å².